The summed E-state index contributed by atoms with van der Waals surface area (Å²) in [5.74, 6) is 0. The fourth-order valence-electron chi connectivity index (χ4n) is 2.43. The summed E-state index contributed by atoms with van der Waals surface area (Å²) in [7, 11) is 0. The number of fused-ring (bicyclic) bond motifs is 1. The number of carbonyl (C=O) groups is 1. The Morgan fingerprint density at radius 2 is 2.26 bits per heavy atom. The van der Waals surface area contributed by atoms with E-state index in [2.05, 4.69) is 26.2 Å². The smallest absolute Gasteiger partial charge is 0.153 e. The molecule has 0 spiro atoms. The molecule has 1 fully saturated rings. The largest absolute Gasteiger partial charge is 0.371 e. The molecule has 0 bridgehead atoms. The minimum absolute atomic E-state index is 0.113. The van der Waals surface area contributed by atoms with Crippen molar-refractivity contribution in [3.05, 3.63) is 40.0 Å². The number of rotatable bonds is 2. The van der Waals surface area contributed by atoms with Gasteiger partial charge in [-0.2, -0.15) is 0 Å². The average molecular weight is 321 g/mol. The van der Waals surface area contributed by atoms with Crippen LogP contribution in [0.4, 0.5) is 0 Å². The van der Waals surface area contributed by atoms with E-state index >= 15 is 0 Å². The van der Waals surface area contributed by atoms with Gasteiger partial charge in [-0.3, -0.25) is 4.79 Å². The fraction of sp³-hybridized carbons (Fsp3) is 0.286. The molecule has 1 unspecified atom stereocenters. The third-order valence-electron chi connectivity index (χ3n) is 3.29. The maximum Gasteiger partial charge on any atom is 0.153 e. The molecule has 1 aromatic carbocycles. The average Bonchev–Trinajstić information content (AvgIpc) is 2.46. The highest BCUT2D eigenvalue weighted by molar-refractivity contribution is 9.10. The van der Waals surface area contributed by atoms with Crippen LogP contribution in [0.25, 0.3) is 10.9 Å². The molecule has 2 heterocycles. The minimum Gasteiger partial charge on any atom is -0.371 e. The molecule has 19 heavy (non-hydrogen) atoms. The Balaban J connectivity index is 2.25. The van der Waals surface area contributed by atoms with E-state index in [0.717, 1.165) is 29.3 Å². The Bertz CT molecular complexity index is 624. The van der Waals surface area contributed by atoms with E-state index in [0.29, 0.717) is 23.3 Å². The van der Waals surface area contributed by atoms with Gasteiger partial charge < -0.3 is 10.1 Å². The first-order chi connectivity index (χ1) is 9.31. The highest BCUT2D eigenvalue weighted by Crippen LogP contribution is 2.32. The monoisotopic (exact) mass is 320 g/mol. The van der Waals surface area contributed by atoms with Crippen molar-refractivity contribution in [2.24, 2.45) is 0 Å². The molecule has 0 amide bonds. The van der Waals surface area contributed by atoms with Crippen LogP contribution in [0.1, 0.15) is 22.0 Å². The van der Waals surface area contributed by atoms with Gasteiger partial charge in [0, 0.05) is 24.0 Å². The van der Waals surface area contributed by atoms with Gasteiger partial charge in [-0.25, -0.2) is 4.98 Å². The molecule has 98 valence electrons. The summed E-state index contributed by atoms with van der Waals surface area (Å²) in [6.07, 6.45) is 0.731. The van der Waals surface area contributed by atoms with Crippen LogP contribution in [0.15, 0.2) is 28.9 Å². The van der Waals surface area contributed by atoms with Crippen LogP contribution < -0.4 is 5.32 Å². The van der Waals surface area contributed by atoms with E-state index in [1.165, 1.54) is 0 Å². The van der Waals surface area contributed by atoms with E-state index in [1.807, 2.05) is 24.3 Å². The minimum atomic E-state index is -0.113. The lowest BCUT2D eigenvalue weighted by molar-refractivity contribution is 0.0281. The summed E-state index contributed by atoms with van der Waals surface area (Å²) in [5, 5.41) is 4.27. The van der Waals surface area contributed by atoms with Crippen LogP contribution >= 0.6 is 15.9 Å². The molecule has 1 N–H and O–H groups in total. The fourth-order valence-corrected chi connectivity index (χ4v) is 2.93. The summed E-state index contributed by atoms with van der Waals surface area (Å²) in [5.41, 5.74) is 2.36. The molecule has 4 nitrogen and oxygen atoms in total. The number of hydrogen-bond donors (Lipinski definition) is 1. The number of para-hydroxylation sites is 1. The molecule has 1 atom stereocenters. The second kappa shape index (κ2) is 5.36. The van der Waals surface area contributed by atoms with Gasteiger partial charge in [0.05, 0.1) is 23.8 Å². The molecular formula is C14H13BrN2O2. The second-order valence-corrected chi connectivity index (χ2v) is 5.18. The Morgan fingerprint density at radius 3 is 3.00 bits per heavy atom. The van der Waals surface area contributed by atoms with Gasteiger partial charge in [0.25, 0.3) is 0 Å². The summed E-state index contributed by atoms with van der Waals surface area (Å²) >= 11 is 3.38. The number of nitrogens with one attached hydrogen (secondary N) is 1. The van der Waals surface area contributed by atoms with Crippen LogP contribution in [0, 0.1) is 0 Å². The van der Waals surface area contributed by atoms with E-state index in [9.17, 15) is 4.79 Å². The van der Waals surface area contributed by atoms with Gasteiger partial charge in [0.15, 0.2) is 6.29 Å². The second-order valence-electron chi connectivity index (χ2n) is 4.43. The topological polar surface area (TPSA) is 51.2 Å². The number of halogens is 1. The van der Waals surface area contributed by atoms with Gasteiger partial charge in [-0.05, 0) is 22.0 Å². The molecular weight excluding hydrogens is 308 g/mol. The molecule has 1 aliphatic heterocycles. The maximum atomic E-state index is 11.4. The van der Waals surface area contributed by atoms with Crippen molar-refractivity contribution < 1.29 is 9.53 Å². The molecule has 0 saturated carbocycles. The van der Waals surface area contributed by atoms with Crippen molar-refractivity contribution in [3.8, 4) is 0 Å². The van der Waals surface area contributed by atoms with Gasteiger partial charge in [0.2, 0.25) is 0 Å². The number of ether oxygens (including phenoxy) is 1. The number of hydrogen-bond acceptors (Lipinski definition) is 4. The Morgan fingerprint density at radius 1 is 1.42 bits per heavy atom. The van der Waals surface area contributed by atoms with Crippen molar-refractivity contribution in [1.29, 1.82) is 0 Å². The molecule has 1 saturated heterocycles. The number of benzene rings is 1. The molecule has 1 aromatic heterocycles. The van der Waals surface area contributed by atoms with E-state index in [1.54, 1.807) is 0 Å². The third kappa shape index (κ3) is 2.29. The number of carbonyl (C=O) groups excluding carboxylic acids is 1. The first-order valence-electron chi connectivity index (χ1n) is 6.17. The summed E-state index contributed by atoms with van der Waals surface area (Å²) in [6, 6.07) is 7.81. The van der Waals surface area contributed by atoms with Crippen LogP contribution in [-0.4, -0.2) is 31.0 Å². The number of aldehydes is 1. The third-order valence-corrected chi connectivity index (χ3v) is 3.90. The lowest BCUT2D eigenvalue weighted by Gasteiger charge is -2.26. The predicted octanol–water partition coefficient (Wildman–Crippen LogP) is 2.47. The summed E-state index contributed by atoms with van der Waals surface area (Å²) in [4.78, 5) is 15.8. The highest BCUT2D eigenvalue weighted by Gasteiger charge is 2.23. The molecule has 3 rings (SSSR count). The lowest BCUT2D eigenvalue weighted by atomic mass is 9.98. The van der Waals surface area contributed by atoms with Crippen LogP contribution in [-0.2, 0) is 4.74 Å². The Hall–Kier alpha value is -1.30. The molecule has 1 aliphatic rings. The predicted molar refractivity (Wildman–Crippen MR) is 76.4 cm³/mol. The molecule has 2 aromatic rings. The number of nitrogens with zero attached hydrogens (tertiary/aromatic N) is 1. The van der Waals surface area contributed by atoms with Crippen molar-refractivity contribution in [1.82, 2.24) is 10.3 Å². The van der Waals surface area contributed by atoms with E-state index in [-0.39, 0.29) is 6.10 Å². The van der Waals surface area contributed by atoms with Crippen LogP contribution in [0.5, 0.6) is 0 Å². The maximum absolute atomic E-state index is 11.4. The molecule has 0 aliphatic carbocycles. The zero-order valence-electron chi connectivity index (χ0n) is 10.2. The number of pyridine rings is 1. The summed E-state index contributed by atoms with van der Waals surface area (Å²) < 4.78 is 6.37. The number of morpholine rings is 1. The van der Waals surface area contributed by atoms with E-state index in [4.69, 9.17) is 4.74 Å². The lowest BCUT2D eigenvalue weighted by Crippen LogP contribution is -2.34. The van der Waals surface area contributed by atoms with Gasteiger partial charge in [-0.15, -0.1) is 0 Å². The van der Waals surface area contributed by atoms with Gasteiger partial charge in [-0.1, -0.05) is 18.2 Å². The number of aromatic nitrogens is 1. The SMILES string of the molecule is O=Cc1c(Br)nc2ccccc2c1C1CNCCO1. The van der Waals surface area contributed by atoms with Gasteiger partial charge >= 0.3 is 0 Å². The first kappa shape index (κ1) is 12.7. The summed E-state index contributed by atoms with van der Waals surface area (Å²) in [6.45, 7) is 2.20. The van der Waals surface area contributed by atoms with Crippen molar-refractivity contribution >= 4 is 33.1 Å². The zero-order valence-corrected chi connectivity index (χ0v) is 11.8. The van der Waals surface area contributed by atoms with Crippen molar-refractivity contribution in [2.45, 2.75) is 6.10 Å². The quantitative estimate of drug-likeness (QED) is 0.682. The Labute approximate surface area is 119 Å². The van der Waals surface area contributed by atoms with Gasteiger partial charge in [0.1, 0.15) is 4.60 Å². The molecule has 5 heteroatoms. The van der Waals surface area contributed by atoms with Crippen LogP contribution in [0.3, 0.4) is 0 Å². The molecule has 0 radical (unpaired) electrons. The zero-order chi connectivity index (χ0) is 13.2. The Kier molecular flexibility index (Phi) is 3.59. The highest BCUT2D eigenvalue weighted by atomic mass is 79.9. The van der Waals surface area contributed by atoms with E-state index < -0.39 is 0 Å². The van der Waals surface area contributed by atoms with Crippen LogP contribution in [0.2, 0.25) is 0 Å². The van der Waals surface area contributed by atoms with Crippen molar-refractivity contribution in [2.75, 3.05) is 19.7 Å². The van der Waals surface area contributed by atoms with Crippen molar-refractivity contribution in [3.63, 3.8) is 0 Å². The standard InChI is InChI=1S/C14H13BrN2O2/c15-14-10(8-18)13(12-7-16-5-6-19-12)9-3-1-2-4-11(9)17-14/h1-4,8,12,16H,5-7H2. The first-order valence-corrected chi connectivity index (χ1v) is 6.96. The normalized spacial score (nSPS) is 19.5.